The maximum Gasteiger partial charge on any atom is 0.237 e. The zero-order valence-electron chi connectivity index (χ0n) is 18.2. The fourth-order valence-corrected chi connectivity index (χ4v) is 4.75. The van der Waals surface area contributed by atoms with Gasteiger partial charge in [0.25, 0.3) is 0 Å². The van der Waals surface area contributed by atoms with Crippen LogP contribution in [0.3, 0.4) is 0 Å². The number of carbonyl (C=O) groups is 2. The van der Waals surface area contributed by atoms with Crippen LogP contribution in [0.5, 0.6) is 0 Å². The smallest absolute Gasteiger partial charge is 0.237 e. The normalized spacial score (nSPS) is 16.7. The Hall–Kier alpha value is -3.03. The summed E-state index contributed by atoms with van der Waals surface area (Å²) in [5, 5.41) is 8.76. The number of amides is 2. The number of hydrogen-bond acceptors (Lipinski definition) is 5. The van der Waals surface area contributed by atoms with E-state index >= 15 is 0 Å². The number of aryl methyl sites for hydroxylation is 1. The fourth-order valence-electron chi connectivity index (χ4n) is 4.14. The summed E-state index contributed by atoms with van der Waals surface area (Å²) in [7, 11) is 0. The van der Waals surface area contributed by atoms with Gasteiger partial charge < -0.3 is 10.6 Å². The molecule has 32 heavy (non-hydrogen) atoms. The molecule has 0 saturated carbocycles. The Morgan fingerprint density at radius 2 is 1.81 bits per heavy atom. The summed E-state index contributed by atoms with van der Waals surface area (Å²) in [6.45, 7) is 4.30. The minimum atomic E-state index is -0.490. The molecule has 1 aliphatic rings. The van der Waals surface area contributed by atoms with Gasteiger partial charge in [0.1, 0.15) is 0 Å². The van der Waals surface area contributed by atoms with E-state index < -0.39 is 6.04 Å². The molecule has 2 N–H and O–H groups in total. The van der Waals surface area contributed by atoms with E-state index in [0.29, 0.717) is 26.2 Å². The lowest BCUT2D eigenvalue weighted by atomic mass is 9.90. The first-order valence-corrected chi connectivity index (χ1v) is 11.8. The molecule has 1 saturated heterocycles. The monoisotopic (exact) mass is 448 g/mol. The van der Waals surface area contributed by atoms with Crippen LogP contribution in [0.4, 0.5) is 0 Å². The van der Waals surface area contributed by atoms with E-state index in [1.807, 2.05) is 48.7 Å². The number of carbonyl (C=O) groups excluding carboxylic acids is 2. The van der Waals surface area contributed by atoms with Gasteiger partial charge in [-0.15, -0.1) is 11.3 Å². The van der Waals surface area contributed by atoms with Gasteiger partial charge in [-0.1, -0.05) is 60.7 Å². The third kappa shape index (κ3) is 5.60. The van der Waals surface area contributed by atoms with Gasteiger partial charge in [0.15, 0.2) is 0 Å². The van der Waals surface area contributed by atoms with Crippen LogP contribution in [0.1, 0.15) is 34.2 Å². The van der Waals surface area contributed by atoms with Gasteiger partial charge >= 0.3 is 0 Å². The lowest BCUT2D eigenvalue weighted by Crippen LogP contribution is -2.57. The molecular formula is C25H28N4O2S. The number of nitrogens with one attached hydrogen (secondary N) is 2. The number of piperazine rings is 1. The average Bonchev–Trinajstić information content (AvgIpc) is 3.24. The molecule has 4 rings (SSSR count). The van der Waals surface area contributed by atoms with Crippen molar-refractivity contribution in [2.75, 3.05) is 19.6 Å². The Kier molecular flexibility index (Phi) is 7.29. The standard InChI is InChI=1S/C25H28N4O2S/c1-18-28-21(17-32-18)15-27-24(30)14-23-25(31)26-12-13-29(23)16-22(19-8-4-2-5-9-19)20-10-6-3-7-11-20/h2-11,17,22-23H,12-16H2,1H3,(H,26,31)(H,27,30). The maximum atomic E-state index is 12.7. The molecule has 0 aliphatic carbocycles. The summed E-state index contributed by atoms with van der Waals surface area (Å²) in [5.41, 5.74) is 3.25. The summed E-state index contributed by atoms with van der Waals surface area (Å²) >= 11 is 1.56. The van der Waals surface area contributed by atoms with Gasteiger partial charge in [-0.2, -0.15) is 0 Å². The average molecular weight is 449 g/mol. The van der Waals surface area contributed by atoms with E-state index in [1.54, 1.807) is 11.3 Å². The van der Waals surface area contributed by atoms with Crippen LogP contribution in [-0.2, 0) is 16.1 Å². The first-order valence-electron chi connectivity index (χ1n) is 10.9. The lowest BCUT2D eigenvalue weighted by Gasteiger charge is -2.37. The minimum Gasteiger partial charge on any atom is -0.353 e. The Balaban J connectivity index is 1.48. The Morgan fingerprint density at radius 1 is 1.16 bits per heavy atom. The van der Waals surface area contributed by atoms with Crippen molar-refractivity contribution >= 4 is 23.2 Å². The molecule has 0 radical (unpaired) electrons. The van der Waals surface area contributed by atoms with Crippen molar-refractivity contribution in [2.45, 2.75) is 31.8 Å². The van der Waals surface area contributed by atoms with E-state index in [-0.39, 0.29) is 24.2 Å². The highest BCUT2D eigenvalue weighted by Gasteiger charge is 2.33. The van der Waals surface area contributed by atoms with Crippen LogP contribution in [-0.4, -0.2) is 47.4 Å². The van der Waals surface area contributed by atoms with Crippen molar-refractivity contribution in [1.82, 2.24) is 20.5 Å². The highest BCUT2D eigenvalue weighted by atomic mass is 32.1. The molecule has 1 fully saturated rings. The third-order valence-electron chi connectivity index (χ3n) is 5.77. The molecule has 1 unspecified atom stereocenters. The van der Waals surface area contributed by atoms with E-state index in [0.717, 1.165) is 10.7 Å². The number of thiazole rings is 1. The molecule has 1 aliphatic heterocycles. The molecule has 0 spiro atoms. The van der Waals surface area contributed by atoms with Crippen LogP contribution in [0.15, 0.2) is 66.0 Å². The van der Waals surface area contributed by atoms with Crippen LogP contribution in [0.25, 0.3) is 0 Å². The molecule has 1 aromatic heterocycles. The second-order valence-electron chi connectivity index (χ2n) is 8.01. The molecule has 166 valence electrons. The summed E-state index contributed by atoms with van der Waals surface area (Å²) in [6, 6.07) is 20.2. The van der Waals surface area contributed by atoms with Gasteiger partial charge in [0.05, 0.1) is 29.7 Å². The van der Waals surface area contributed by atoms with Crippen LogP contribution < -0.4 is 10.6 Å². The summed E-state index contributed by atoms with van der Waals surface area (Å²) in [5.74, 6) is -0.110. The highest BCUT2D eigenvalue weighted by molar-refractivity contribution is 7.09. The third-order valence-corrected chi connectivity index (χ3v) is 6.60. The van der Waals surface area contributed by atoms with Gasteiger partial charge in [0, 0.05) is 30.9 Å². The molecule has 2 heterocycles. The second kappa shape index (κ2) is 10.5. The topological polar surface area (TPSA) is 74.3 Å². The molecule has 2 amide bonds. The van der Waals surface area contributed by atoms with Gasteiger partial charge in [-0.3, -0.25) is 14.5 Å². The van der Waals surface area contributed by atoms with E-state index in [4.69, 9.17) is 0 Å². The Morgan fingerprint density at radius 3 is 2.41 bits per heavy atom. The Bertz CT molecular complexity index is 999. The van der Waals surface area contributed by atoms with Gasteiger partial charge in [-0.05, 0) is 18.1 Å². The fraction of sp³-hybridized carbons (Fsp3) is 0.320. The van der Waals surface area contributed by atoms with E-state index in [1.165, 1.54) is 11.1 Å². The molecular weight excluding hydrogens is 420 g/mol. The maximum absolute atomic E-state index is 12.7. The molecule has 2 aromatic carbocycles. The molecule has 6 nitrogen and oxygen atoms in total. The van der Waals surface area contributed by atoms with Crippen LogP contribution >= 0.6 is 11.3 Å². The minimum absolute atomic E-state index is 0.0872. The summed E-state index contributed by atoms with van der Waals surface area (Å²) < 4.78 is 0. The van der Waals surface area contributed by atoms with Crippen molar-refractivity contribution in [3.63, 3.8) is 0 Å². The zero-order valence-corrected chi connectivity index (χ0v) is 19.0. The number of aromatic nitrogens is 1. The first kappa shape index (κ1) is 22.2. The quantitative estimate of drug-likeness (QED) is 0.555. The number of nitrogens with zero attached hydrogens (tertiary/aromatic N) is 2. The van der Waals surface area contributed by atoms with Crippen LogP contribution in [0.2, 0.25) is 0 Å². The Labute approximate surface area is 192 Å². The van der Waals surface area contributed by atoms with E-state index in [9.17, 15) is 9.59 Å². The van der Waals surface area contributed by atoms with Crippen molar-refractivity contribution in [1.29, 1.82) is 0 Å². The predicted molar refractivity (Wildman–Crippen MR) is 126 cm³/mol. The molecule has 3 aromatic rings. The number of hydrogen-bond donors (Lipinski definition) is 2. The highest BCUT2D eigenvalue weighted by Crippen LogP contribution is 2.27. The van der Waals surface area contributed by atoms with Crippen molar-refractivity contribution < 1.29 is 9.59 Å². The van der Waals surface area contributed by atoms with Crippen LogP contribution in [0, 0.1) is 6.92 Å². The zero-order chi connectivity index (χ0) is 22.3. The van der Waals surface area contributed by atoms with Crippen molar-refractivity contribution in [3.05, 3.63) is 87.9 Å². The van der Waals surface area contributed by atoms with Crippen molar-refractivity contribution in [2.24, 2.45) is 0 Å². The SMILES string of the molecule is Cc1nc(CNC(=O)CC2C(=O)NCCN2CC(c2ccccc2)c2ccccc2)cs1. The summed E-state index contributed by atoms with van der Waals surface area (Å²) in [4.78, 5) is 31.9. The van der Waals surface area contributed by atoms with E-state index in [2.05, 4.69) is 44.8 Å². The van der Waals surface area contributed by atoms with Gasteiger partial charge in [-0.25, -0.2) is 4.98 Å². The predicted octanol–water partition coefficient (Wildman–Crippen LogP) is 3.09. The summed E-state index contributed by atoms with van der Waals surface area (Å²) in [6.07, 6.45) is 0.130. The molecule has 7 heteroatoms. The molecule has 1 atom stereocenters. The lowest BCUT2D eigenvalue weighted by molar-refractivity contribution is -0.134. The van der Waals surface area contributed by atoms with Crippen molar-refractivity contribution in [3.8, 4) is 0 Å². The van der Waals surface area contributed by atoms with Gasteiger partial charge in [0.2, 0.25) is 11.8 Å². The number of benzene rings is 2. The largest absolute Gasteiger partial charge is 0.353 e. The first-order chi connectivity index (χ1) is 15.6. The number of rotatable bonds is 8. The second-order valence-corrected chi connectivity index (χ2v) is 9.08. The molecule has 0 bridgehead atoms.